The Bertz CT molecular complexity index is 439. The van der Waals surface area contributed by atoms with E-state index in [2.05, 4.69) is 15.5 Å². The van der Waals surface area contributed by atoms with Crippen LogP contribution in [0.4, 0.5) is 19.3 Å². The highest BCUT2D eigenvalue weighted by molar-refractivity contribution is 5.89. The molecule has 0 radical (unpaired) electrons. The SMILES string of the molecule is CN1CCC(NC(=O)Nc2c(F)cccc2F)CC1. The van der Waals surface area contributed by atoms with Gasteiger partial charge in [0.2, 0.25) is 0 Å². The van der Waals surface area contributed by atoms with Crippen molar-refractivity contribution in [1.29, 1.82) is 0 Å². The quantitative estimate of drug-likeness (QED) is 0.864. The molecule has 6 heteroatoms. The molecule has 0 spiro atoms. The van der Waals surface area contributed by atoms with Gasteiger partial charge in [-0.25, -0.2) is 13.6 Å². The molecule has 0 atom stereocenters. The van der Waals surface area contributed by atoms with E-state index in [0.29, 0.717) is 0 Å². The fourth-order valence-corrected chi connectivity index (χ4v) is 2.11. The number of hydrogen-bond donors (Lipinski definition) is 2. The molecule has 1 saturated heterocycles. The average Bonchev–Trinajstić information content (AvgIpc) is 2.37. The van der Waals surface area contributed by atoms with Crippen molar-refractivity contribution in [2.45, 2.75) is 18.9 Å². The van der Waals surface area contributed by atoms with E-state index < -0.39 is 23.4 Å². The van der Waals surface area contributed by atoms with Crippen LogP contribution >= 0.6 is 0 Å². The highest BCUT2D eigenvalue weighted by Crippen LogP contribution is 2.18. The Balaban J connectivity index is 1.91. The number of hydrogen-bond acceptors (Lipinski definition) is 2. The van der Waals surface area contributed by atoms with E-state index in [1.165, 1.54) is 6.07 Å². The highest BCUT2D eigenvalue weighted by atomic mass is 19.1. The van der Waals surface area contributed by atoms with Crippen molar-refractivity contribution in [2.24, 2.45) is 0 Å². The van der Waals surface area contributed by atoms with Gasteiger partial charge in [-0.1, -0.05) is 6.07 Å². The Morgan fingerprint density at radius 1 is 1.26 bits per heavy atom. The molecule has 104 valence electrons. The summed E-state index contributed by atoms with van der Waals surface area (Å²) in [5.74, 6) is -1.56. The lowest BCUT2D eigenvalue weighted by Crippen LogP contribution is -2.45. The van der Waals surface area contributed by atoms with Crippen LogP contribution in [0.1, 0.15) is 12.8 Å². The Hall–Kier alpha value is -1.69. The first-order valence-electron chi connectivity index (χ1n) is 6.26. The predicted octanol–water partition coefficient (Wildman–Crippen LogP) is 2.18. The summed E-state index contributed by atoms with van der Waals surface area (Å²) in [5, 5.41) is 4.96. The van der Waals surface area contributed by atoms with Gasteiger partial charge in [0.05, 0.1) is 0 Å². The first kappa shape index (κ1) is 13.7. The summed E-state index contributed by atoms with van der Waals surface area (Å²) >= 11 is 0. The number of nitrogens with one attached hydrogen (secondary N) is 2. The second-order valence-corrected chi connectivity index (χ2v) is 4.77. The topological polar surface area (TPSA) is 44.4 Å². The fraction of sp³-hybridized carbons (Fsp3) is 0.462. The van der Waals surface area contributed by atoms with Crippen molar-refractivity contribution < 1.29 is 13.6 Å². The molecule has 1 aliphatic rings. The maximum absolute atomic E-state index is 13.4. The van der Waals surface area contributed by atoms with E-state index in [0.717, 1.165) is 38.1 Å². The van der Waals surface area contributed by atoms with Crippen molar-refractivity contribution in [3.05, 3.63) is 29.8 Å². The van der Waals surface area contributed by atoms with Gasteiger partial charge < -0.3 is 15.5 Å². The van der Waals surface area contributed by atoms with Gasteiger partial charge in [-0.05, 0) is 45.1 Å². The minimum Gasteiger partial charge on any atom is -0.335 e. The second-order valence-electron chi connectivity index (χ2n) is 4.77. The second kappa shape index (κ2) is 5.97. The lowest BCUT2D eigenvalue weighted by Gasteiger charge is -2.29. The summed E-state index contributed by atoms with van der Waals surface area (Å²) in [6.07, 6.45) is 1.67. The van der Waals surface area contributed by atoms with Gasteiger partial charge in [0, 0.05) is 6.04 Å². The van der Waals surface area contributed by atoms with E-state index in [-0.39, 0.29) is 6.04 Å². The molecule has 1 heterocycles. The Morgan fingerprint density at radius 2 is 1.84 bits per heavy atom. The molecular formula is C13H17F2N3O. The molecule has 2 N–H and O–H groups in total. The number of carbonyl (C=O) groups excluding carboxylic acids is 1. The van der Waals surface area contributed by atoms with E-state index in [1.807, 2.05) is 7.05 Å². The smallest absolute Gasteiger partial charge is 0.319 e. The van der Waals surface area contributed by atoms with Crippen LogP contribution in [0.15, 0.2) is 18.2 Å². The number of halogens is 2. The third-order valence-corrected chi connectivity index (χ3v) is 3.26. The molecular weight excluding hydrogens is 252 g/mol. The summed E-state index contributed by atoms with van der Waals surface area (Å²) in [6.45, 7) is 1.80. The summed E-state index contributed by atoms with van der Waals surface area (Å²) < 4.78 is 26.7. The van der Waals surface area contributed by atoms with Gasteiger partial charge in [0.1, 0.15) is 17.3 Å². The van der Waals surface area contributed by atoms with Gasteiger partial charge in [0.15, 0.2) is 0 Å². The predicted molar refractivity (Wildman–Crippen MR) is 69.0 cm³/mol. The molecule has 2 amide bonds. The zero-order chi connectivity index (χ0) is 13.8. The van der Waals surface area contributed by atoms with Gasteiger partial charge >= 0.3 is 6.03 Å². The average molecular weight is 269 g/mol. The molecule has 0 bridgehead atoms. The third kappa shape index (κ3) is 3.64. The summed E-state index contributed by atoms with van der Waals surface area (Å²) in [6, 6.07) is 2.94. The van der Waals surface area contributed by atoms with Crippen LogP contribution in [0.25, 0.3) is 0 Å². The number of likely N-dealkylation sites (tertiary alicyclic amines) is 1. The first-order valence-corrected chi connectivity index (χ1v) is 6.26. The highest BCUT2D eigenvalue weighted by Gasteiger charge is 2.19. The number of piperidine rings is 1. The number of benzene rings is 1. The van der Waals surface area contributed by atoms with Crippen molar-refractivity contribution in [3.8, 4) is 0 Å². The number of nitrogens with zero attached hydrogens (tertiary/aromatic N) is 1. The van der Waals surface area contributed by atoms with E-state index in [4.69, 9.17) is 0 Å². The maximum Gasteiger partial charge on any atom is 0.319 e. The summed E-state index contributed by atoms with van der Waals surface area (Å²) in [4.78, 5) is 13.9. The third-order valence-electron chi connectivity index (χ3n) is 3.26. The summed E-state index contributed by atoms with van der Waals surface area (Å²) in [5.41, 5.74) is -0.409. The zero-order valence-corrected chi connectivity index (χ0v) is 10.7. The number of rotatable bonds is 2. The number of anilines is 1. The molecule has 19 heavy (non-hydrogen) atoms. The van der Waals surface area contributed by atoms with Gasteiger partial charge in [0.25, 0.3) is 0 Å². The van der Waals surface area contributed by atoms with Gasteiger partial charge in [-0.3, -0.25) is 0 Å². The van der Waals surface area contributed by atoms with Crippen LogP contribution in [-0.2, 0) is 0 Å². The standard InChI is InChI=1S/C13H17F2N3O/c1-18-7-5-9(6-8-18)16-13(19)17-12-10(14)3-2-4-11(12)15/h2-4,9H,5-8H2,1H3,(H2,16,17,19). The lowest BCUT2D eigenvalue weighted by molar-refractivity contribution is 0.221. The largest absolute Gasteiger partial charge is 0.335 e. The van der Waals surface area contributed by atoms with Crippen molar-refractivity contribution in [3.63, 3.8) is 0 Å². The zero-order valence-electron chi connectivity index (χ0n) is 10.7. The number of urea groups is 1. The van der Waals surface area contributed by atoms with Crippen molar-refractivity contribution >= 4 is 11.7 Å². The van der Waals surface area contributed by atoms with Crippen LogP contribution in [0.5, 0.6) is 0 Å². The number of amides is 2. The maximum atomic E-state index is 13.4. The van der Waals surface area contributed by atoms with Crippen LogP contribution < -0.4 is 10.6 Å². The molecule has 1 aromatic carbocycles. The molecule has 1 aromatic rings. The molecule has 4 nitrogen and oxygen atoms in total. The molecule has 0 unspecified atom stereocenters. The fourth-order valence-electron chi connectivity index (χ4n) is 2.11. The summed E-state index contributed by atoms with van der Waals surface area (Å²) in [7, 11) is 2.02. The molecule has 2 rings (SSSR count). The monoisotopic (exact) mass is 269 g/mol. The minimum atomic E-state index is -0.779. The Morgan fingerprint density at radius 3 is 2.42 bits per heavy atom. The van der Waals surface area contributed by atoms with Crippen molar-refractivity contribution in [1.82, 2.24) is 10.2 Å². The Labute approximate surface area is 110 Å². The van der Waals surface area contributed by atoms with E-state index in [1.54, 1.807) is 0 Å². The lowest BCUT2D eigenvalue weighted by atomic mass is 10.1. The van der Waals surface area contributed by atoms with E-state index in [9.17, 15) is 13.6 Å². The number of carbonyl (C=O) groups is 1. The van der Waals surface area contributed by atoms with Crippen LogP contribution in [0, 0.1) is 11.6 Å². The molecule has 0 saturated carbocycles. The van der Waals surface area contributed by atoms with Crippen LogP contribution in [-0.4, -0.2) is 37.1 Å². The van der Waals surface area contributed by atoms with Crippen molar-refractivity contribution in [2.75, 3.05) is 25.5 Å². The van der Waals surface area contributed by atoms with Gasteiger partial charge in [-0.15, -0.1) is 0 Å². The van der Waals surface area contributed by atoms with Crippen LogP contribution in [0.3, 0.4) is 0 Å². The first-order chi connectivity index (χ1) is 9.06. The molecule has 0 aliphatic carbocycles. The van der Waals surface area contributed by atoms with E-state index >= 15 is 0 Å². The van der Waals surface area contributed by atoms with Gasteiger partial charge in [-0.2, -0.15) is 0 Å². The molecule has 1 aliphatic heterocycles. The van der Waals surface area contributed by atoms with Crippen LogP contribution in [0.2, 0.25) is 0 Å². The molecule has 0 aromatic heterocycles. The minimum absolute atomic E-state index is 0.0473. The molecule has 1 fully saturated rings. The number of para-hydroxylation sites is 1. The normalized spacial score (nSPS) is 17.2. The Kier molecular flexibility index (Phi) is 4.31.